The van der Waals surface area contributed by atoms with Gasteiger partial charge in [0, 0.05) is 31.3 Å². The molecule has 2 N–H and O–H groups in total. The van der Waals surface area contributed by atoms with Crippen molar-refractivity contribution in [1.82, 2.24) is 14.8 Å². The van der Waals surface area contributed by atoms with Crippen molar-refractivity contribution in [2.45, 2.75) is 39.0 Å². The van der Waals surface area contributed by atoms with Crippen LogP contribution in [0.15, 0.2) is 36.5 Å². The van der Waals surface area contributed by atoms with Gasteiger partial charge < -0.3 is 24.7 Å². The predicted molar refractivity (Wildman–Crippen MR) is 127 cm³/mol. The Kier molecular flexibility index (Phi) is 8.43. The summed E-state index contributed by atoms with van der Waals surface area (Å²) >= 11 is 0. The maximum atomic E-state index is 14.2. The van der Waals surface area contributed by atoms with Crippen LogP contribution in [0.5, 0.6) is 5.88 Å². The molecular formula is C26H30FN3O5. The zero-order valence-electron chi connectivity index (χ0n) is 20.2. The molecule has 1 aromatic carbocycles. The highest BCUT2D eigenvalue weighted by atomic mass is 19.1. The molecule has 0 radical (unpaired) electrons. The van der Waals surface area contributed by atoms with Gasteiger partial charge in [-0.25, -0.2) is 9.37 Å². The van der Waals surface area contributed by atoms with E-state index in [2.05, 4.69) is 16.8 Å². The molecule has 3 rings (SSSR count). The smallest absolute Gasteiger partial charge is 0.259 e. The number of aromatic nitrogens is 1. The van der Waals surface area contributed by atoms with Crippen LogP contribution in [0.3, 0.4) is 0 Å². The fourth-order valence-electron chi connectivity index (χ4n) is 3.77. The van der Waals surface area contributed by atoms with E-state index in [9.17, 15) is 24.2 Å². The number of hydrogen-bond donors (Lipinski definition) is 2. The molecule has 8 nitrogen and oxygen atoms in total. The highest BCUT2D eigenvalue weighted by Crippen LogP contribution is 2.27. The Labute approximate surface area is 204 Å². The van der Waals surface area contributed by atoms with Crippen molar-refractivity contribution in [1.29, 1.82) is 0 Å². The maximum absolute atomic E-state index is 14.2. The number of pyridine rings is 1. The molecule has 2 aromatic rings. The zero-order valence-corrected chi connectivity index (χ0v) is 20.2. The largest absolute Gasteiger partial charge is 0.472 e. The third kappa shape index (κ3) is 6.15. The van der Waals surface area contributed by atoms with Crippen LogP contribution in [0.4, 0.5) is 4.39 Å². The fourth-order valence-corrected chi connectivity index (χ4v) is 3.77. The van der Waals surface area contributed by atoms with Crippen LogP contribution in [-0.2, 0) is 0 Å². The Balaban J connectivity index is 1.96. The number of aliphatic hydroxyl groups is 2. The second-order valence-electron chi connectivity index (χ2n) is 8.81. The van der Waals surface area contributed by atoms with Gasteiger partial charge in [-0.1, -0.05) is 30.9 Å². The van der Waals surface area contributed by atoms with E-state index in [1.165, 1.54) is 36.2 Å². The average molecular weight is 484 g/mol. The molecular weight excluding hydrogens is 453 g/mol. The van der Waals surface area contributed by atoms with Crippen LogP contribution in [-0.4, -0.2) is 81.8 Å². The number of carbonyl (C=O) groups is 2. The molecule has 0 fully saturated rings. The topological polar surface area (TPSA) is 103 Å². The molecule has 1 aromatic heterocycles. The number of ether oxygens (including phenoxy) is 1. The van der Waals surface area contributed by atoms with Gasteiger partial charge in [-0.3, -0.25) is 9.59 Å². The summed E-state index contributed by atoms with van der Waals surface area (Å²) in [5.41, 5.74) is 0.553. The van der Waals surface area contributed by atoms with E-state index >= 15 is 0 Å². The molecule has 0 saturated heterocycles. The summed E-state index contributed by atoms with van der Waals surface area (Å²) in [6.45, 7) is 5.28. The number of nitrogens with zero attached hydrogens (tertiary/aromatic N) is 3. The summed E-state index contributed by atoms with van der Waals surface area (Å²) in [5.74, 6) is 3.76. The lowest BCUT2D eigenvalue weighted by atomic mass is 9.99. The Morgan fingerprint density at radius 2 is 2.09 bits per heavy atom. The third-order valence-corrected chi connectivity index (χ3v) is 5.85. The van der Waals surface area contributed by atoms with Crippen LogP contribution < -0.4 is 4.74 Å². The molecule has 4 atom stereocenters. The number of rotatable bonds is 5. The van der Waals surface area contributed by atoms with Gasteiger partial charge in [0.1, 0.15) is 23.6 Å². The molecule has 0 spiro atoms. The van der Waals surface area contributed by atoms with E-state index < -0.39 is 30.0 Å². The molecule has 35 heavy (non-hydrogen) atoms. The lowest BCUT2D eigenvalue weighted by molar-refractivity contribution is 0.0312. The number of benzene rings is 1. The second kappa shape index (κ2) is 11.3. The van der Waals surface area contributed by atoms with Crippen molar-refractivity contribution in [2.75, 3.05) is 26.7 Å². The van der Waals surface area contributed by atoms with Crippen molar-refractivity contribution in [3.05, 3.63) is 59.0 Å². The maximum Gasteiger partial charge on any atom is 0.259 e. The first-order valence-corrected chi connectivity index (χ1v) is 11.4. The summed E-state index contributed by atoms with van der Waals surface area (Å²) in [5, 5.41) is 19.2. The molecule has 0 aliphatic carbocycles. The number of aliphatic hydroxyl groups excluding tert-OH is 2. The van der Waals surface area contributed by atoms with Gasteiger partial charge in [0.05, 0.1) is 24.8 Å². The molecule has 2 heterocycles. The van der Waals surface area contributed by atoms with Crippen molar-refractivity contribution >= 4 is 11.8 Å². The van der Waals surface area contributed by atoms with E-state index in [0.717, 1.165) is 0 Å². The molecule has 2 amide bonds. The number of halogens is 1. The summed E-state index contributed by atoms with van der Waals surface area (Å²) < 4.78 is 20.3. The number of hydrogen-bond acceptors (Lipinski definition) is 6. The molecule has 9 heteroatoms. The number of carbonyl (C=O) groups excluding carboxylic acids is 2. The van der Waals surface area contributed by atoms with E-state index in [4.69, 9.17) is 4.74 Å². The van der Waals surface area contributed by atoms with Gasteiger partial charge in [-0.2, -0.15) is 0 Å². The minimum atomic E-state index is -0.845. The third-order valence-electron chi connectivity index (χ3n) is 5.85. The van der Waals surface area contributed by atoms with E-state index in [-0.39, 0.29) is 48.5 Å². The first-order chi connectivity index (χ1) is 16.6. The molecule has 0 saturated carbocycles. The predicted octanol–water partition coefficient (Wildman–Crippen LogP) is 1.95. The number of likely N-dealkylation sites (N-methyl/N-ethyl adjacent to an activating group) is 1. The van der Waals surface area contributed by atoms with Gasteiger partial charge in [0.15, 0.2) is 0 Å². The average Bonchev–Trinajstić information content (AvgIpc) is 2.84. The van der Waals surface area contributed by atoms with Gasteiger partial charge >= 0.3 is 0 Å². The quantitative estimate of drug-likeness (QED) is 0.631. The SMILES string of the molecule is C[C@@H](O)C#Cc1cnc2c(c1)C(=O)N([C@@H](C)CO)C[C@H](C)[C@H](CN(C)C(=O)c1ccccc1F)O2. The Hall–Kier alpha value is -3.48. The van der Waals surface area contributed by atoms with E-state index in [1.807, 2.05) is 6.92 Å². The van der Waals surface area contributed by atoms with Crippen LogP contribution in [0, 0.1) is 23.6 Å². The van der Waals surface area contributed by atoms with Crippen LogP contribution >= 0.6 is 0 Å². The fraction of sp³-hybridized carbons (Fsp3) is 0.423. The van der Waals surface area contributed by atoms with Gasteiger partial charge in [0.25, 0.3) is 11.8 Å². The van der Waals surface area contributed by atoms with Gasteiger partial charge in [-0.05, 0) is 32.0 Å². The monoisotopic (exact) mass is 483 g/mol. The second-order valence-corrected chi connectivity index (χ2v) is 8.81. The minimum Gasteiger partial charge on any atom is -0.472 e. The van der Waals surface area contributed by atoms with Crippen molar-refractivity contribution in [3.63, 3.8) is 0 Å². The molecule has 1 aliphatic heterocycles. The van der Waals surface area contributed by atoms with Crippen molar-refractivity contribution in [3.8, 4) is 17.7 Å². The summed E-state index contributed by atoms with van der Waals surface area (Å²) in [6, 6.07) is 6.83. The van der Waals surface area contributed by atoms with E-state index in [0.29, 0.717) is 5.56 Å². The first-order valence-electron chi connectivity index (χ1n) is 11.4. The van der Waals surface area contributed by atoms with Crippen molar-refractivity contribution in [2.24, 2.45) is 5.92 Å². The lowest BCUT2D eigenvalue weighted by Crippen LogP contribution is -2.50. The normalized spacial score (nSPS) is 19.3. The molecule has 1 aliphatic rings. The lowest BCUT2D eigenvalue weighted by Gasteiger charge is -2.37. The highest BCUT2D eigenvalue weighted by Gasteiger charge is 2.35. The van der Waals surface area contributed by atoms with Crippen LogP contribution in [0.25, 0.3) is 0 Å². The Morgan fingerprint density at radius 3 is 2.74 bits per heavy atom. The van der Waals surface area contributed by atoms with Gasteiger partial charge in [-0.15, -0.1) is 0 Å². The number of amides is 2. The molecule has 186 valence electrons. The summed E-state index contributed by atoms with van der Waals surface area (Å²) in [4.78, 5) is 33.5. The minimum absolute atomic E-state index is 0.0425. The number of fused-ring (bicyclic) bond motifs is 1. The van der Waals surface area contributed by atoms with Gasteiger partial charge in [0.2, 0.25) is 5.88 Å². The van der Waals surface area contributed by atoms with Crippen LogP contribution in [0.1, 0.15) is 47.1 Å². The Morgan fingerprint density at radius 1 is 1.37 bits per heavy atom. The summed E-state index contributed by atoms with van der Waals surface area (Å²) in [6.07, 6.45) is 0.0271. The molecule has 0 bridgehead atoms. The molecule has 0 unspecified atom stereocenters. The first kappa shape index (κ1) is 26.1. The zero-order chi connectivity index (χ0) is 25.7. The highest BCUT2D eigenvalue weighted by molar-refractivity contribution is 5.97. The van der Waals surface area contributed by atoms with E-state index in [1.54, 1.807) is 31.0 Å². The van der Waals surface area contributed by atoms with Crippen LogP contribution in [0.2, 0.25) is 0 Å². The standard InChI is InChI=1S/C26H30FN3O5/c1-16-13-30(17(2)15-31)26(34)21-11-19(10-9-18(3)32)12-28-24(21)35-23(16)14-29(4)25(33)20-7-5-6-8-22(20)27/h5-8,11-12,16-18,23,31-32H,13-15H2,1-4H3/t16-,17-,18+,23-/m0/s1. The Bertz CT molecular complexity index is 1140. The van der Waals surface area contributed by atoms with Crippen molar-refractivity contribution < 1.29 is 28.9 Å². The summed E-state index contributed by atoms with van der Waals surface area (Å²) in [7, 11) is 1.56.